The highest BCUT2D eigenvalue weighted by atomic mass is 32.2. The maximum atomic E-state index is 12.2. The van der Waals surface area contributed by atoms with Crippen LogP contribution in [0.5, 0.6) is 0 Å². The molecule has 1 heterocycles. The van der Waals surface area contributed by atoms with Crippen molar-refractivity contribution in [1.82, 2.24) is 0 Å². The summed E-state index contributed by atoms with van der Waals surface area (Å²) in [7, 11) is -3.09. The highest BCUT2D eigenvalue weighted by molar-refractivity contribution is 7.99. The summed E-state index contributed by atoms with van der Waals surface area (Å²) in [6.45, 7) is 6.64. The van der Waals surface area contributed by atoms with Crippen LogP contribution in [0, 0.1) is 0 Å². The van der Waals surface area contributed by atoms with Crippen LogP contribution in [0.1, 0.15) is 20.8 Å². The van der Waals surface area contributed by atoms with Crippen LogP contribution in [0.3, 0.4) is 0 Å². The fraction of sp³-hybridized carbons (Fsp3) is 0.571. The molecule has 0 fully saturated rings. The van der Waals surface area contributed by atoms with Gasteiger partial charge in [-0.3, -0.25) is 0 Å². The van der Waals surface area contributed by atoms with Crippen LogP contribution in [-0.4, -0.2) is 37.8 Å². The second-order valence-corrected chi connectivity index (χ2v) is 9.99. The first-order valence-electron chi connectivity index (χ1n) is 6.70. The van der Waals surface area contributed by atoms with Gasteiger partial charge in [-0.15, -0.1) is 11.8 Å². The molecule has 2 N–H and O–H groups in total. The average Bonchev–Trinajstić information content (AvgIpc) is 2.35. The quantitative estimate of drug-likeness (QED) is 0.868. The fourth-order valence-corrected chi connectivity index (χ4v) is 4.16. The summed E-state index contributed by atoms with van der Waals surface area (Å²) >= 11 is 1.79. The number of fused-ring (bicyclic) bond motifs is 1. The molecule has 1 aromatic rings. The molecule has 6 heteroatoms. The second-order valence-electron chi connectivity index (χ2n) is 5.99. The third-order valence-electron chi connectivity index (χ3n) is 3.51. The highest BCUT2D eigenvalue weighted by Gasteiger charge is 2.29. The van der Waals surface area contributed by atoms with Crippen molar-refractivity contribution >= 4 is 33.0 Å². The standard InChI is InChI=1S/C14H22N2O2S2/c1-14(2,3)20(17,18)9-7-16-6-8-19-13-5-4-11(15)10-12(13)16/h4-5,10H,6-9,15H2,1-3H3. The Balaban J connectivity index is 2.15. The molecule has 0 aromatic heterocycles. The molecule has 0 spiro atoms. The van der Waals surface area contributed by atoms with Crippen LogP contribution < -0.4 is 10.6 Å². The summed E-state index contributed by atoms with van der Waals surface area (Å²) in [4.78, 5) is 3.31. The summed E-state index contributed by atoms with van der Waals surface area (Å²) in [6.07, 6.45) is 0. The summed E-state index contributed by atoms with van der Waals surface area (Å²) in [6, 6.07) is 5.84. The molecule has 20 heavy (non-hydrogen) atoms. The Labute approximate surface area is 125 Å². The first-order valence-corrected chi connectivity index (χ1v) is 9.34. The zero-order valence-electron chi connectivity index (χ0n) is 12.2. The van der Waals surface area contributed by atoms with E-state index in [-0.39, 0.29) is 5.75 Å². The van der Waals surface area contributed by atoms with E-state index < -0.39 is 14.6 Å². The number of nitrogens with two attached hydrogens (primary N) is 1. The third kappa shape index (κ3) is 3.23. The van der Waals surface area contributed by atoms with E-state index in [0.29, 0.717) is 6.54 Å². The first-order chi connectivity index (χ1) is 9.21. The minimum atomic E-state index is -3.09. The van der Waals surface area contributed by atoms with E-state index in [1.165, 1.54) is 4.90 Å². The van der Waals surface area contributed by atoms with Crippen LogP contribution in [0.15, 0.2) is 23.1 Å². The zero-order valence-corrected chi connectivity index (χ0v) is 13.9. The van der Waals surface area contributed by atoms with Crippen LogP contribution in [0.25, 0.3) is 0 Å². The monoisotopic (exact) mass is 314 g/mol. The van der Waals surface area contributed by atoms with Crippen LogP contribution in [0.2, 0.25) is 0 Å². The van der Waals surface area contributed by atoms with Crippen LogP contribution in [0.4, 0.5) is 11.4 Å². The smallest absolute Gasteiger partial charge is 0.156 e. The second kappa shape index (κ2) is 5.48. The van der Waals surface area contributed by atoms with Gasteiger partial charge >= 0.3 is 0 Å². The molecule has 0 atom stereocenters. The predicted octanol–water partition coefficient (Wildman–Crippen LogP) is 2.39. The Morgan fingerprint density at radius 2 is 2.05 bits per heavy atom. The molecule has 1 aliphatic rings. The molecule has 4 nitrogen and oxygen atoms in total. The van der Waals surface area contributed by atoms with Gasteiger partial charge in [-0.1, -0.05) is 0 Å². The molecule has 2 rings (SSSR count). The molecule has 0 bridgehead atoms. The number of sulfone groups is 1. The molecule has 0 saturated heterocycles. The average molecular weight is 314 g/mol. The van der Waals surface area contributed by atoms with Crippen LogP contribution >= 0.6 is 11.8 Å². The van der Waals surface area contributed by atoms with E-state index in [4.69, 9.17) is 5.73 Å². The normalized spacial score (nSPS) is 16.1. The van der Waals surface area contributed by atoms with E-state index in [2.05, 4.69) is 4.90 Å². The number of thioether (sulfide) groups is 1. The molecule has 0 saturated carbocycles. The number of anilines is 2. The molecule has 0 unspecified atom stereocenters. The fourth-order valence-electron chi connectivity index (χ4n) is 2.06. The van der Waals surface area contributed by atoms with E-state index >= 15 is 0 Å². The number of rotatable bonds is 3. The Bertz CT molecular complexity index is 592. The lowest BCUT2D eigenvalue weighted by atomic mass is 10.2. The van der Waals surface area contributed by atoms with Crippen molar-refractivity contribution < 1.29 is 8.42 Å². The lowest BCUT2D eigenvalue weighted by molar-refractivity contribution is 0.559. The van der Waals surface area contributed by atoms with E-state index in [0.717, 1.165) is 23.7 Å². The molecular weight excluding hydrogens is 292 g/mol. The van der Waals surface area contributed by atoms with Crippen molar-refractivity contribution in [2.75, 3.05) is 35.2 Å². The molecular formula is C14H22N2O2S2. The van der Waals surface area contributed by atoms with Crippen molar-refractivity contribution in [3.63, 3.8) is 0 Å². The first kappa shape index (κ1) is 15.5. The van der Waals surface area contributed by atoms with E-state index in [1.807, 2.05) is 18.2 Å². The zero-order chi connectivity index (χ0) is 15.0. The predicted molar refractivity (Wildman–Crippen MR) is 87.3 cm³/mol. The highest BCUT2D eigenvalue weighted by Crippen LogP contribution is 2.36. The number of benzene rings is 1. The van der Waals surface area contributed by atoms with Gasteiger partial charge in [0.1, 0.15) is 0 Å². The number of hydrogen-bond donors (Lipinski definition) is 1. The van der Waals surface area contributed by atoms with Crippen molar-refractivity contribution in [2.24, 2.45) is 0 Å². The minimum absolute atomic E-state index is 0.176. The number of nitrogen functional groups attached to an aromatic ring is 1. The maximum Gasteiger partial charge on any atom is 0.156 e. The topological polar surface area (TPSA) is 63.4 Å². The Morgan fingerprint density at radius 3 is 2.70 bits per heavy atom. The van der Waals surface area contributed by atoms with Gasteiger partial charge in [0.2, 0.25) is 0 Å². The van der Waals surface area contributed by atoms with Crippen molar-refractivity contribution in [3.05, 3.63) is 18.2 Å². The Hall–Kier alpha value is -0.880. The molecule has 0 radical (unpaired) electrons. The van der Waals surface area contributed by atoms with Gasteiger partial charge in [0.25, 0.3) is 0 Å². The summed E-state index contributed by atoms with van der Waals surface area (Å²) < 4.78 is 23.7. The summed E-state index contributed by atoms with van der Waals surface area (Å²) in [5.41, 5.74) is 7.62. The number of nitrogens with zero attached hydrogens (tertiary/aromatic N) is 1. The van der Waals surface area contributed by atoms with Gasteiger partial charge < -0.3 is 10.6 Å². The van der Waals surface area contributed by atoms with E-state index in [1.54, 1.807) is 32.5 Å². The SMILES string of the molecule is CC(C)(C)S(=O)(=O)CCN1CCSc2ccc(N)cc21. The summed E-state index contributed by atoms with van der Waals surface area (Å²) in [5.74, 6) is 1.15. The van der Waals surface area contributed by atoms with Crippen molar-refractivity contribution in [2.45, 2.75) is 30.4 Å². The molecule has 0 amide bonds. The lowest BCUT2D eigenvalue weighted by Gasteiger charge is -2.32. The van der Waals surface area contributed by atoms with E-state index in [9.17, 15) is 8.42 Å². The molecule has 112 valence electrons. The molecule has 0 aliphatic carbocycles. The summed E-state index contributed by atoms with van der Waals surface area (Å²) in [5, 5.41) is 0. The Morgan fingerprint density at radius 1 is 1.35 bits per heavy atom. The van der Waals surface area contributed by atoms with Gasteiger partial charge in [-0.2, -0.15) is 0 Å². The molecule has 1 aromatic carbocycles. The van der Waals surface area contributed by atoms with Gasteiger partial charge in [-0.25, -0.2) is 8.42 Å². The van der Waals surface area contributed by atoms with Crippen molar-refractivity contribution in [3.8, 4) is 0 Å². The van der Waals surface area contributed by atoms with Gasteiger partial charge in [0.15, 0.2) is 9.84 Å². The maximum absolute atomic E-state index is 12.2. The van der Waals surface area contributed by atoms with Gasteiger partial charge in [0, 0.05) is 29.4 Å². The van der Waals surface area contributed by atoms with Gasteiger partial charge in [-0.05, 0) is 39.0 Å². The minimum Gasteiger partial charge on any atom is -0.399 e. The third-order valence-corrected chi connectivity index (χ3v) is 7.13. The lowest BCUT2D eigenvalue weighted by Crippen LogP contribution is -2.38. The number of hydrogen-bond acceptors (Lipinski definition) is 5. The van der Waals surface area contributed by atoms with Crippen LogP contribution in [-0.2, 0) is 9.84 Å². The van der Waals surface area contributed by atoms with Crippen molar-refractivity contribution in [1.29, 1.82) is 0 Å². The Kier molecular flexibility index (Phi) is 4.25. The van der Waals surface area contributed by atoms with Gasteiger partial charge in [0.05, 0.1) is 16.2 Å². The largest absolute Gasteiger partial charge is 0.399 e. The molecule has 1 aliphatic heterocycles.